The molecular formula is C17H15ClN8O2. The minimum atomic E-state index is 0.299. The monoisotopic (exact) mass is 398 g/mol. The van der Waals surface area contributed by atoms with Crippen molar-refractivity contribution in [2.75, 3.05) is 31.2 Å². The lowest BCUT2D eigenvalue weighted by molar-refractivity contribution is 0.122. The number of anilines is 1. The molecule has 1 saturated heterocycles. The number of morpholine rings is 1. The van der Waals surface area contributed by atoms with Crippen molar-refractivity contribution in [1.82, 2.24) is 34.7 Å². The molecule has 5 rings (SSSR count). The Morgan fingerprint density at radius 2 is 1.93 bits per heavy atom. The maximum atomic E-state index is 6.57. The number of aromatic nitrogens is 7. The summed E-state index contributed by atoms with van der Waals surface area (Å²) < 4.78 is 12.7. The van der Waals surface area contributed by atoms with E-state index < -0.39 is 0 Å². The molecule has 11 heteroatoms. The fourth-order valence-corrected chi connectivity index (χ4v) is 3.28. The molecule has 0 radical (unpaired) electrons. The molecule has 0 N–H and O–H groups in total. The summed E-state index contributed by atoms with van der Waals surface area (Å²) in [5.74, 6) is 1.90. The van der Waals surface area contributed by atoms with Crippen molar-refractivity contribution in [3.63, 3.8) is 0 Å². The van der Waals surface area contributed by atoms with Gasteiger partial charge in [0.25, 0.3) is 5.89 Å². The first-order valence-electron chi connectivity index (χ1n) is 8.69. The topological polar surface area (TPSA) is 108 Å². The van der Waals surface area contributed by atoms with Gasteiger partial charge in [0, 0.05) is 32.4 Å². The van der Waals surface area contributed by atoms with Gasteiger partial charge in [-0.3, -0.25) is 4.57 Å². The van der Waals surface area contributed by atoms with Crippen LogP contribution in [0.4, 0.5) is 5.82 Å². The first-order chi connectivity index (χ1) is 13.7. The summed E-state index contributed by atoms with van der Waals surface area (Å²) in [4.78, 5) is 20.2. The van der Waals surface area contributed by atoms with E-state index in [1.807, 2.05) is 0 Å². The third-order valence-corrected chi connectivity index (χ3v) is 4.65. The van der Waals surface area contributed by atoms with Crippen LogP contribution in [0.1, 0.15) is 5.89 Å². The van der Waals surface area contributed by atoms with Gasteiger partial charge in [-0.25, -0.2) is 15.0 Å². The van der Waals surface area contributed by atoms with E-state index in [-0.39, 0.29) is 0 Å². The van der Waals surface area contributed by atoms with Gasteiger partial charge in [0.1, 0.15) is 23.1 Å². The van der Waals surface area contributed by atoms with Crippen LogP contribution in [0.15, 0.2) is 29.2 Å². The Balaban J connectivity index is 1.74. The summed E-state index contributed by atoms with van der Waals surface area (Å²) >= 11 is 6.57. The molecule has 4 aromatic heterocycles. The second-order valence-electron chi connectivity index (χ2n) is 6.23. The molecule has 1 aliphatic rings. The van der Waals surface area contributed by atoms with E-state index in [9.17, 15) is 0 Å². The molecule has 0 amide bonds. The molecule has 28 heavy (non-hydrogen) atoms. The highest BCUT2D eigenvalue weighted by Gasteiger charge is 2.22. The molecule has 0 spiro atoms. The highest BCUT2D eigenvalue weighted by molar-refractivity contribution is 6.35. The largest absolute Gasteiger partial charge is 0.420 e. The summed E-state index contributed by atoms with van der Waals surface area (Å²) in [5.41, 5.74) is 1.59. The maximum absolute atomic E-state index is 6.57. The molecule has 0 atom stereocenters. The van der Waals surface area contributed by atoms with Gasteiger partial charge in [-0.2, -0.15) is 4.98 Å². The van der Waals surface area contributed by atoms with Crippen LogP contribution in [-0.2, 0) is 4.74 Å². The molecule has 5 heterocycles. The standard InChI is InChI=1S/C17H15ClN8O2/c1-10-23-24-16(28-10)12-8-11(18)13-14(20-12)15(25-4-6-27-7-5-25)22-17(21-13)26-3-2-19-9-26/h2-3,8-9H,4-7H2,1H3. The number of pyridine rings is 1. The zero-order chi connectivity index (χ0) is 19.1. The number of nitrogens with zero attached hydrogens (tertiary/aromatic N) is 8. The molecule has 0 bridgehead atoms. The van der Waals surface area contributed by atoms with Gasteiger partial charge < -0.3 is 14.1 Å². The van der Waals surface area contributed by atoms with Crippen LogP contribution in [0.3, 0.4) is 0 Å². The van der Waals surface area contributed by atoms with Crippen LogP contribution in [0.25, 0.3) is 28.6 Å². The van der Waals surface area contributed by atoms with Crippen molar-refractivity contribution in [3.05, 3.63) is 35.7 Å². The summed E-state index contributed by atoms with van der Waals surface area (Å²) in [6, 6.07) is 1.67. The van der Waals surface area contributed by atoms with Crippen molar-refractivity contribution in [3.8, 4) is 17.5 Å². The zero-order valence-electron chi connectivity index (χ0n) is 14.9. The minimum absolute atomic E-state index is 0.299. The number of imidazole rings is 1. The Morgan fingerprint density at radius 3 is 2.64 bits per heavy atom. The highest BCUT2D eigenvalue weighted by atomic mass is 35.5. The predicted molar refractivity (Wildman–Crippen MR) is 101 cm³/mol. The second kappa shape index (κ2) is 6.80. The number of rotatable bonds is 3. The van der Waals surface area contributed by atoms with E-state index in [1.54, 1.807) is 36.3 Å². The first-order valence-corrected chi connectivity index (χ1v) is 9.06. The molecule has 1 fully saturated rings. The van der Waals surface area contributed by atoms with Crippen LogP contribution in [0.5, 0.6) is 0 Å². The van der Waals surface area contributed by atoms with Gasteiger partial charge in [0.15, 0.2) is 5.82 Å². The molecule has 4 aromatic rings. The van der Waals surface area contributed by atoms with Crippen LogP contribution < -0.4 is 4.90 Å². The zero-order valence-corrected chi connectivity index (χ0v) is 15.7. The first kappa shape index (κ1) is 17.0. The van der Waals surface area contributed by atoms with Gasteiger partial charge in [-0.15, -0.1) is 10.2 Å². The van der Waals surface area contributed by atoms with Gasteiger partial charge in [-0.05, 0) is 6.07 Å². The van der Waals surface area contributed by atoms with E-state index >= 15 is 0 Å². The fourth-order valence-electron chi connectivity index (χ4n) is 3.04. The summed E-state index contributed by atoms with van der Waals surface area (Å²) in [6.07, 6.45) is 5.09. The fraction of sp³-hybridized carbons (Fsp3) is 0.294. The lowest BCUT2D eigenvalue weighted by Gasteiger charge is -2.28. The minimum Gasteiger partial charge on any atom is -0.420 e. The lowest BCUT2D eigenvalue weighted by Crippen LogP contribution is -2.37. The lowest BCUT2D eigenvalue weighted by atomic mass is 10.2. The Bertz CT molecular complexity index is 1140. The van der Waals surface area contributed by atoms with Gasteiger partial charge in [0.05, 0.1) is 18.2 Å². The number of aryl methyl sites for hydroxylation is 1. The van der Waals surface area contributed by atoms with Crippen molar-refractivity contribution in [2.24, 2.45) is 0 Å². The maximum Gasteiger partial charge on any atom is 0.266 e. The molecular weight excluding hydrogens is 384 g/mol. The summed E-state index contributed by atoms with van der Waals surface area (Å²) in [7, 11) is 0. The molecule has 142 valence electrons. The Kier molecular flexibility index (Phi) is 4.14. The quantitative estimate of drug-likeness (QED) is 0.512. The number of halogens is 1. The van der Waals surface area contributed by atoms with Crippen molar-refractivity contribution in [2.45, 2.75) is 6.92 Å². The predicted octanol–water partition coefficient (Wildman–Crippen LogP) is 2.06. The van der Waals surface area contributed by atoms with Crippen molar-refractivity contribution in [1.29, 1.82) is 0 Å². The Morgan fingerprint density at radius 1 is 1.07 bits per heavy atom. The van der Waals surface area contributed by atoms with Crippen LogP contribution in [-0.4, -0.2) is 61.0 Å². The second-order valence-corrected chi connectivity index (χ2v) is 6.64. The average molecular weight is 399 g/mol. The van der Waals surface area contributed by atoms with Crippen LogP contribution in [0, 0.1) is 6.92 Å². The molecule has 0 aliphatic carbocycles. The van der Waals surface area contributed by atoms with E-state index in [1.165, 1.54) is 0 Å². The number of hydrogen-bond donors (Lipinski definition) is 0. The molecule has 1 aliphatic heterocycles. The average Bonchev–Trinajstić information content (AvgIpc) is 3.40. The normalized spacial score (nSPS) is 14.7. The van der Waals surface area contributed by atoms with Crippen LogP contribution >= 0.6 is 11.6 Å². The van der Waals surface area contributed by atoms with Crippen molar-refractivity contribution < 1.29 is 9.15 Å². The van der Waals surface area contributed by atoms with Gasteiger partial charge >= 0.3 is 0 Å². The molecule has 0 unspecified atom stereocenters. The smallest absolute Gasteiger partial charge is 0.266 e. The Labute approximate surface area is 164 Å². The molecule has 0 aromatic carbocycles. The Hall–Kier alpha value is -3.11. The van der Waals surface area contributed by atoms with Crippen molar-refractivity contribution >= 4 is 28.5 Å². The van der Waals surface area contributed by atoms with E-state index in [2.05, 4.69) is 25.1 Å². The number of hydrogen-bond acceptors (Lipinski definition) is 9. The third-order valence-electron chi connectivity index (χ3n) is 4.37. The molecule has 10 nitrogen and oxygen atoms in total. The highest BCUT2D eigenvalue weighted by Crippen LogP contribution is 2.32. The number of fused-ring (bicyclic) bond motifs is 1. The van der Waals surface area contributed by atoms with E-state index in [0.29, 0.717) is 71.6 Å². The third kappa shape index (κ3) is 2.96. The SMILES string of the molecule is Cc1nnc(-c2cc(Cl)c3nc(-n4ccnc4)nc(N4CCOCC4)c3n2)o1. The summed E-state index contributed by atoms with van der Waals surface area (Å²) in [5, 5.41) is 8.33. The van der Waals surface area contributed by atoms with Gasteiger partial charge in [0.2, 0.25) is 11.8 Å². The van der Waals surface area contributed by atoms with E-state index in [0.717, 1.165) is 0 Å². The van der Waals surface area contributed by atoms with E-state index in [4.69, 9.17) is 30.7 Å². The summed E-state index contributed by atoms with van der Waals surface area (Å²) in [6.45, 7) is 4.33. The molecule has 0 saturated carbocycles. The van der Waals surface area contributed by atoms with Crippen LogP contribution in [0.2, 0.25) is 5.02 Å². The van der Waals surface area contributed by atoms with Gasteiger partial charge in [-0.1, -0.05) is 11.6 Å². The number of ether oxygens (including phenoxy) is 1.